The molecule has 0 N–H and O–H groups in total. The highest BCUT2D eigenvalue weighted by molar-refractivity contribution is 6.35. The molecule has 6 nitrogen and oxygen atoms in total. The lowest BCUT2D eigenvalue weighted by atomic mass is 10.1. The van der Waals surface area contributed by atoms with E-state index in [4.69, 9.17) is 0 Å². The molecule has 0 fully saturated rings. The molecule has 1 aliphatic rings. The Labute approximate surface area is 229 Å². The third kappa shape index (κ3) is 3.21. The molecule has 0 spiro atoms. The summed E-state index contributed by atoms with van der Waals surface area (Å²) in [4.78, 5) is 28.9. The van der Waals surface area contributed by atoms with Crippen molar-refractivity contribution >= 4 is 39.3 Å². The molecule has 7 rings (SSSR count). The monoisotopic (exact) mass is 514 g/mol. The van der Waals surface area contributed by atoms with Gasteiger partial charge in [-0.3, -0.25) is 9.59 Å². The molecule has 2 amide bonds. The van der Waals surface area contributed by atoms with Crippen LogP contribution in [0.1, 0.15) is 31.8 Å². The summed E-state index contributed by atoms with van der Waals surface area (Å²) in [5.74, 6) is -0.877. The number of aromatic nitrogens is 1. The van der Waals surface area contributed by atoms with E-state index in [9.17, 15) is 20.1 Å². The Morgan fingerprint density at radius 2 is 1.12 bits per heavy atom. The van der Waals surface area contributed by atoms with Crippen LogP contribution in [-0.2, 0) is 0 Å². The number of carbonyl (C=O) groups is 2. The molecular formula is C34H18N4O2. The van der Waals surface area contributed by atoms with Gasteiger partial charge < -0.3 is 4.57 Å². The Balaban J connectivity index is 1.44. The molecule has 6 aromatic rings. The number of carbonyl (C=O) groups excluding carboxylic acids is 2. The van der Waals surface area contributed by atoms with E-state index < -0.39 is 11.8 Å². The highest BCUT2D eigenvalue weighted by Crippen LogP contribution is 2.39. The van der Waals surface area contributed by atoms with Crippen molar-refractivity contribution in [2.45, 2.75) is 0 Å². The van der Waals surface area contributed by atoms with Crippen molar-refractivity contribution in [2.75, 3.05) is 4.90 Å². The van der Waals surface area contributed by atoms with E-state index in [1.807, 2.05) is 54.6 Å². The van der Waals surface area contributed by atoms with Crippen LogP contribution < -0.4 is 4.90 Å². The largest absolute Gasteiger partial charge is 0.306 e. The van der Waals surface area contributed by atoms with E-state index in [0.29, 0.717) is 33.5 Å². The summed E-state index contributed by atoms with van der Waals surface area (Å²) in [7, 11) is 0. The second-order valence-corrected chi connectivity index (χ2v) is 9.52. The maximum Gasteiger partial charge on any atom is 0.268 e. The third-order valence-electron chi connectivity index (χ3n) is 7.42. The molecule has 0 aliphatic carbocycles. The fraction of sp³-hybridized carbons (Fsp3) is 0. The predicted molar refractivity (Wildman–Crippen MR) is 153 cm³/mol. The highest BCUT2D eigenvalue weighted by atomic mass is 16.2. The molecule has 5 aromatic carbocycles. The second-order valence-electron chi connectivity index (χ2n) is 9.52. The van der Waals surface area contributed by atoms with Crippen molar-refractivity contribution in [2.24, 2.45) is 0 Å². The fourth-order valence-electron chi connectivity index (χ4n) is 5.66. The topological polar surface area (TPSA) is 89.9 Å². The standard InChI is InChI=1S/C34H18N4O2/c35-19-23-9-4-11-26-27-12-5-10-24(20-36)32(27)38(31(23)26)29-14-6-13-28-30(29)34(40)37(33(28)39)25-17-15-22(16-18-25)21-7-2-1-3-8-21/h1-18H. The van der Waals surface area contributed by atoms with Gasteiger partial charge in [0, 0.05) is 10.8 Å². The van der Waals surface area contributed by atoms with E-state index in [-0.39, 0.29) is 11.1 Å². The van der Waals surface area contributed by atoms with Crippen LogP contribution in [-0.4, -0.2) is 16.4 Å². The number of anilines is 1. The first-order chi connectivity index (χ1) is 19.6. The van der Waals surface area contributed by atoms with Crippen LogP contribution in [0.25, 0.3) is 38.6 Å². The van der Waals surface area contributed by atoms with Crippen LogP contribution in [0.5, 0.6) is 0 Å². The summed E-state index contributed by atoms with van der Waals surface area (Å²) in [5.41, 5.74) is 5.41. The molecule has 0 atom stereocenters. The van der Waals surface area contributed by atoms with Gasteiger partial charge in [-0.15, -0.1) is 0 Å². The normalized spacial score (nSPS) is 12.5. The molecule has 0 radical (unpaired) electrons. The van der Waals surface area contributed by atoms with Gasteiger partial charge in [0.2, 0.25) is 0 Å². The molecule has 40 heavy (non-hydrogen) atoms. The molecule has 1 aliphatic heterocycles. The van der Waals surface area contributed by atoms with Crippen LogP contribution in [0.2, 0.25) is 0 Å². The summed E-state index contributed by atoms with van der Waals surface area (Å²) >= 11 is 0. The smallest absolute Gasteiger partial charge is 0.268 e. The maximum atomic E-state index is 14.0. The van der Waals surface area contributed by atoms with Crippen LogP contribution >= 0.6 is 0 Å². The van der Waals surface area contributed by atoms with Gasteiger partial charge in [-0.25, -0.2) is 4.90 Å². The minimum absolute atomic E-state index is 0.235. The molecule has 6 heteroatoms. The number of para-hydroxylation sites is 2. The van der Waals surface area contributed by atoms with Crippen LogP contribution in [0.3, 0.4) is 0 Å². The molecule has 2 heterocycles. The van der Waals surface area contributed by atoms with Gasteiger partial charge in [-0.2, -0.15) is 10.5 Å². The number of nitrogens with zero attached hydrogens (tertiary/aromatic N) is 4. The fourth-order valence-corrected chi connectivity index (χ4v) is 5.66. The Hall–Kier alpha value is -5.98. The van der Waals surface area contributed by atoms with Crippen molar-refractivity contribution in [1.29, 1.82) is 10.5 Å². The number of hydrogen-bond donors (Lipinski definition) is 0. The van der Waals surface area contributed by atoms with E-state index in [1.54, 1.807) is 59.2 Å². The average molecular weight is 515 g/mol. The van der Waals surface area contributed by atoms with Gasteiger partial charge in [0.1, 0.15) is 12.1 Å². The molecular weight excluding hydrogens is 496 g/mol. The average Bonchev–Trinajstić information content (AvgIpc) is 3.49. The van der Waals surface area contributed by atoms with Crippen LogP contribution in [0.4, 0.5) is 5.69 Å². The lowest BCUT2D eigenvalue weighted by molar-refractivity contribution is 0.0926. The zero-order chi connectivity index (χ0) is 27.4. The summed E-state index contributed by atoms with van der Waals surface area (Å²) in [5, 5.41) is 21.5. The van der Waals surface area contributed by atoms with Crippen molar-refractivity contribution < 1.29 is 9.59 Å². The minimum Gasteiger partial charge on any atom is -0.306 e. The Morgan fingerprint density at radius 3 is 1.73 bits per heavy atom. The van der Waals surface area contributed by atoms with Crippen molar-refractivity contribution in [3.05, 3.63) is 131 Å². The van der Waals surface area contributed by atoms with Crippen molar-refractivity contribution in [3.8, 4) is 29.0 Å². The first-order valence-electron chi connectivity index (χ1n) is 12.7. The van der Waals surface area contributed by atoms with Gasteiger partial charge in [-0.1, -0.05) is 72.8 Å². The molecule has 0 unspecified atom stereocenters. The molecule has 1 aromatic heterocycles. The maximum absolute atomic E-state index is 14.0. The van der Waals surface area contributed by atoms with Crippen LogP contribution in [0.15, 0.2) is 109 Å². The summed E-state index contributed by atoms with van der Waals surface area (Å²) in [6, 6.07) is 37.6. The number of imide groups is 1. The zero-order valence-electron chi connectivity index (χ0n) is 21.0. The Bertz CT molecular complexity index is 2040. The highest BCUT2D eigenvalue weighted by Gasteiger charge is 2.39. The van der Waals surface area contributed by atoms with Gasteiger partial charge >= 0.3 is 0 Å². The molecule has 0 saturated carbocycles. The Kier molecular flexibility index (Phi) is 5.10. The number of hydrogen-bond acceptors (Lipinski definition) is 4. The molecule has 186 valence electrons. The summed E-state index contributed by atoms with van der Waals surface area (Å²) in [6.45, 7) is 0. The minimum atomic E-state index is -0.457. The lowest BCUT2D eigenvalue weighted by Gasteiger charge is -2.15. The van der Waals surface area contributed by atoms with Gasteiger partial charge in [0.15, 0.2) is 0 Å². The number of amides is 2. The first kappa shape index (κ1) is 23.2. The van der Waals surface area contributed by atoms with E-state index in [0.717, 1.165) is 21.9 Å². The zero-order valence-corrected chi connectivity index (χ0v) is 21.0. The van der Waals surface area contributed by atoms with E-state index >= 15 is 0 Å². The van der Waals surface area contributed by atoms with E-state index in [1.165, 1.54) is 4.90 Å². The third-order valence-corrected chi connectivity index (χ3v) is 7.42. The SMILES string of the molecule is N#Cc1cccc2c3cccc(C#N)c3n(-c3cccc4c3C(=O)N(c3ccc(-c5ccccc5)cc3)C4=O)c12. The second kappa shape index (κ2) is 8.80. The molecule has 0 saturated heterocycles. The first-order valence-corrected chi connectivity index (χ1v) is 12.7. The van der Waals surface area contributed by atoms with Gasteiger partial charge in [0.25, 0.3) is 11.8 Å². The number of fused-ring (bicyclic) bond motifs is 4. The van der Waals surface area contributed by atoms with E-state index in [2.05, 4.69) is 12.1 Å². The lowest BCUT2D eigenvalue weighted by Crippen LogP contribution is -2.29. The Morgan fingerprint density at radius 1 is 0.550 bits per heavy atom. The number of rotatable bonds is 3. The number of benzene rings is 5. The molecule has 0 bridgehead atoms. The quantitative estimate of drug-likeness (QED) is 0.238. The van der Waals surface area contributed by atoms with Crippen molar-refractivity contribution in [3.63, 3.8) is 0 Å². The van der Waals surface area contributed by atoms with Crippen LogP contribution in [0, 0.1) is 22.7 Å². The summed E-state index contributed by atoms with van der Waals surface area (Å²) in [6.07, 6.45) is 0. The number of nitriles is 2. The summed E-state index contributed by atoms with van der Waals surface area (Å²) < 4.78 is 1.79. The van der Waals surface area contributed by atoms with Gasteiger partial charge in [-0.05, 0) is 47.5 Å². The van der Waals surface area contributed by atoms with Gasteiger partial charge in [0.05, 0.1) is 44.7 Å². The predicted octanol–water partition coefficient (Wildman–Crippen LogP) is 6.99. The van der Waals surface area contributed by atoms with Crippen molar-refractivity contribution in [1.82, 2.24) is 4.57 Å².